The van der Waals surface area contributed by atoms with E-state index in [0.29, 0.717) is 18.7 Å². The first kappa shape index (κ1) is 12.8. The molecule has 1 heterocycles. The minimum absolute atomic E-state index is 0.310. The molecule has 102 valence electrons. The summed E-state index contributed by atoms with van der Waals surface area (Å²) in [6.45, 7) is 0.424. The molecule has 1 aromatic carbocycles. The van der Waals surface area contributed by atoms with E-state index in [4.69, 9.17) is 4.74 Å². The molecule has 4 heteroatoms. The highest BCUT2D eigenvalue weighted by Gasteiger charge is 2.64. The van der Waals surface area contributed by atoms with Gasteiger partial charge in [0.1, 0.15) is 5.41 Å². The van der Waals surface area contributed by atoms with Crippen molar-refractivity contribution in [3.05, 3.63) is 66.0 Å². The summed E-state index contributed by atoms with van der Waals surface area (Å²) in [7, 11) is 0. The second kappa shape index (κ2) is 5.06. The molecule has 0 amide bonds. The topological polar surface area (TPSA) is 59.4 Å². The standard InChI is InChI=1S/C16H15NO3/c18-15(19)16(13-8-4-5-9-17-13)10-14(16)20-11-12-6-2-1-3-7-12/h1-9,14H,10-11H2,(H,18,19). The maximum atomic E-state index is 11.6. The second-order valence-corrected chi connectivity index (χ2v) is 4.98. The number of carboxylic acids is 1. The molecule has 0 saturated heterocycles. The van der Waals surface area contributed by atoms with Crippen LogP contribution in [-0.2, 0) is 21.6 Å². The summed E-state index contributed by atoms with van der Waals surface area (Å²) in [6.07, 6.45) is 1.79. The fourth-order valence-electron chi connectivity index (χ4n) is 2.44. The molecule has 2 aromatic rings. The zero-order chi connectivity index (χ0) is 14.0. The molecule has 1 saturated carbocycles. The Hall–Kier alpha value is -2.20. The zero-order valence-corrected chi connectivity index (χ0v) is 10.9. The molecule has 1 fully saturated rings. The maximum Gasteiger partial charge on any atom is 0.318 e. The molecule has 1 aliphatic rings. The van der Waals surface area contributed by atoms with E-state index in [1.54, 1.807) is 24.4 Å². The monoisotopic (exact) mass is 269 g/mol. The van der Waals surface area contributed by atoms with Crippen molar-refractivity contribution in [2.75, 3.05) is 0 Å². The molecule has 0 radical (unpaired) electrons. The van der Waals surface area contributed by atoms with Gasteiger partial charge in [-0.25, -0.2) is 0 Å². The van der Waals surface area contributed by atoms with E-state index in [9.17, 15) is 9.90 Å². The number of rotatable bonds is 5. The molecule has 1 aliphatic carbocycles. The Labute approximate surface area is 117 Å². The van der Waals surface area contributed by atoms with E-state index in [-0.39, 0.29) is 6.10 Å². The lowest BCUT2D eigenvalue weighted by Gasteiger charge is -2.12. The van der Waals surface area contributed by atoms with Crippen LogP contribution in [0.25, 0.3) is 0 Å². The van der Waals surface area contributed by atoms with Crippen LogP contribution in [0.2, 0.25) is 0 Å². The number of carbonyl (C=O) groups is 1. The van der Waals surface area contributed by atoms with Crippen LogP contribution in [0, 0.1) is 0 Å². The highest BCUT2D eigenvalue weighted by Crippen LogP contribution is 2.50. The quantitative estimate of drug-likeness (QED) is 0.905. The number of benzene rings is 1. The van der Waals surface area contributed by atoms with Gasteiger partial charge in [0.25, 0.3) is 0 Å². The van der Waals surface area contributed by atoms with Gasteiger partial charge in [0.15, 0.2) is 0 Å². The van der Waals surface area contributed by atoms with Gasteiger partial charge in [-0.15, -0.1) is 0 Å². The number of aliphatic carboxylic acids is 1. The zero-order valence-electron chi connectivity index (χ0n) is 10.9. The van der Waals surface area contributed by atoms with E-state index in [2.05, 4.69) is 4.98 Å². The number of ether oxygens (including phenoxy) is 1. The first-order valence-corrected chi connectivity index (χ1v) is 6.54. The van der Waals surface area contributed by atoms with Gasteiger partial charge in [0.05, 0.1) is 18.4 Å². The number of hydrogen-bond acceptors (Lipinski definition) is 3. The fourth-order valence-corrected chi connectivity index (χ4v) is 2.44. The third kappa shape index (κ3) is 2.18. The molecular formula is C16H15NO3. The Kier molecular flexibility index (Phi) is 3.24. The summed E-state index contributed by atoms with van der Waals surface area (Å²) in [6, 6.07) is 15.1. The summed E-state index contributed by atoms with van der Waals surface area (Å²) in [5.41, 5.74) is 0.640. The first-order chi connectivity index (χ1) is 9.73. The Balaban J connectivity index is 1.72. The molecule has 0 bridgehead atoms. The van der Waals surface area contributed by atoms with Crippen molar-refractivity contribution in [2.45, 2.75) is 24.5 Å². The molecule has 2 unspecified atom stereocenters. The summed E-state index contributed by atoms with van der Waals surface area (Å²) >= 11 is 0. The minimum Gasteiger partial charge on any atom is -0.480 e. The van der Waals surface area contributed by atoms with Crippen molar-refractivity contribution in [1.29, 1.82) is 0 Å². The van der Waals surface area contributed by atoms with Crippen LogP contribution < -0.4 is 0 Å². The highest BCUT2D eigenvalue weighted by atomic mass is 16.5. The maximum absolute atomic E-state index is 11.6. The van der Waals surface area contributed by atoms with E-state index >= 15 is 0 Å². The van der Waals surface area contributed by atoms with Crippen LogP contribution in [0.4, 0.5) is 0 Å². The number of pyridine rings is 1. The van der Waals surface area contributed by atoms with Crippen LogP contribution in [-0.4, -0.2) is 22.2 Å². The van der Waals surface area contributed by atoms with E-state index in [1.807, 2.05) is 30.3 Å². The normalized spacial score (nSPS) is 24.3. The predicted molar refractivity (Wildman–Crippen MR) is 73.2 cm³/mol. The van der Waals surface area contributed by atoms with Gasteiger partial charge in [0, 0.05) is 6.20 Å². The molecule has 2 atom stereocenters. The summed E-state index contributed by atoms with van der Waals surface area (Å²) < 4.78 is 5.75. The van der Waals surface area contributed by atoms with Crippen LogP contribution in [0.1, 0.15) is 17.7 Å². The summed E-state index contributed by atoms with van der Waals surface area (Å²) in [5.74, 6) is -0.866. The predicted octanol–water partition coefficient (Wildman–Crippen LogP) is 2.39. The lowest BCUT2D eigenvalue weighted by molar-refractivity contribution is -0.141. The van der Waals surface area contributed by atoms with Crippen molar-refractivity contribution in [3.8, 4) is 0 Å². The Morgan fingerprint density at radius 2 is 2.00 bits per heavy atom. The van der Waals surface area contributed by atoms with Crippen LogP contribution in [0.15, 0.2) is 54.7 Å². The van der Waals surface area contributed by atoms with Gasteiger partial charge in [-0.3, -0.25) is 9.78 Å². The van der Waals surface area contributed by atoms with Crippen molar-refractivity contribution in [2.24, 2.45) is 0 Å². The SMILES string of the molecule is O=C(O)C1(c2ccccn2)CC1OCc1ccccc1. The lowest BCUT2D eigenvalue weighted by atomic mass is 10.0. The van der Waals surface area contributed by atoms with Crippen LogP contribution >= 0.6 is 0 Å². The van der Waals surface area contributed by atoms with Gasteiger partial charge in [-0.05, 0) is 24.1 Å². The van der Waals surface area contributed by atoms with Gasteiger partial charge in [-0.1, -0.05) is 36.4 Å². The van der Waals surface area contributed by atoms with Crippen molar-refractivity contribution in [3.63, 3.8) is 0 Å². The van der Waals surface area contributed by atoms with Gasteiger partial charge in [-0.2, -0.15) is 0 Å². The van der Waals surface area contributed by atoms with Gasteiger partial charge >= 0.3 is 5.97 Å². The molecule has 4 nitrogen and oxygen atoms in total. The number of carboxylic acid groups (broad SMARTS) is 1. The molecule has 0 spiro atoms. The molecule has 1 N–H and O–H groups in total. The van der Waals surface area contributed by atoms with Crippen molar-refractivity contribution >= 4 is 5.97 Å². The minimum atomic E-state index is -0.976. The molecule has 1 aromatic heterocycles. The van der Waals surface area contributed by atoms with Crippen molar-refractivity contribution in [1.82, 2.24) is 4.98 Å². The number of hydrogen-bond donors (Lipinski definition) is 1. The Morgan fingerprint density at radius 3 is 2.65 bits per heavy atom. The number of nitrogens with zero attached hydrogens (tertiary/aromatic N) is 1. The van der Waals surface area contributed by atoms with E-state index < -0.39 is 11.4 Å². The van der Waals surface area contributed by atoms with Crippen molar-refractivity contribution < 1.29 is 14.6 Å². The smallest absolute Gasteiger partial charge is 0.318 e. The van der Waals surface area contributed by atoms with Gasteiger partial charge in [0.2, 0.25) is 0 Å². The van der Waals surface area contributed by atoms with Gasteiger partial charge < -0.3 is 9.84 Å². The number of aromatic nitrogens is 1. The van der Waals surface area contributed by atoms with E-state index in [0.717, 1.165) is 5.56 Å². The average molecular weight is 269 g/mol. The summed E-state index contributed by atoms with van der Waals surface area (Å²) in [5, 5.41) is 9.50. The fraction of sp³-hybridized carbons (Fsp3) is 0.250. The van der Waals surface area contributed by atoms with E-state index in [1.165, 1.54) is 0 Å². The Bertz CT molecular complexity index is 600. The first-order valence-electron chi connectivity index (χ1n) is 6.54. The third-order valence-corrected chi connectivity index (χ3v) is 3.69. The highest BCUT2D eigenvalue weighted by molar-refractivity contribution is 5.86. The largest absolute Gasteiger partial charge is 0.480 e. The third-order valence-electron chi connectivity index (χ3n) is 3.69. The molecule has 3 rings (SSSR count). The Morgan fingerprint density at radius 1 is 1.25 bits per heavy atom. The lowest BCUT2D eigenvalue weighted by Crippen LogP contribution is -2.26. The van der Waals surface area contributed by atoms with Crippen LogP contribution in [0.5, 0.6) is 0 Å². The average Bonchev–Trinajstić information content (AvgIpc) is 3.23. The molecular weight excluding hydrogens is 254 g/mol. The molecule has 0 aliphatic heterocycles. The van der Waals surface area contributed by atoms with Crippen LogP contribution in [0.3, 0.4) is 0 Å². The molecule has 20 heavy (non-hydrogen) atoms. The second-order valence-electron chi connectivity index (χ2n) is 4.98. The summed E-state index contributed by atoms with van der Waals surface area (Å²) in [4.78, 5) is 15.8.